The Bertz CT molecular complexity index is 1090. The van der Waals surface area contributed by atoms with Gasteiger partial charge in [-0.15, -0.1) is 0 Å². The molecule has 202 valence electrons. The Labute approximate surface area is 225 Å². The van der Waals surface area contributed by atoms with Crippen LogP contribution >= 0.6 is 11.6 Å². The van der Waals surface area contributed by atoms with Gasteiger partial charge < -0.3 is 16.4 Å². The van der Waals surface area contributed by atoms with E-state index in [4.69, 9.17) is 17.3 Å². The summed E-state index contributed by atoms with van der Waals surface area (Å²) in [7, 11) is 0. The van der Waals surface area contributed by atoms with Gasteiger partial charge in [0.15, 0.2) is 0 Å². The topological polar surface area (TPSA) is 97.1 Å². The number of nitrogens with two attached hydrogens (primary N) is 1. The van der Waals surface area contributed by atoms with Crippen LogP contribution in [0.4, 0.5) is 10.1 Å². The zero-order valence-corrected chi connectivity index (χ0v) is 23.2. The Kier molecular flexibility index (Phi) is 9.35. The van der Waals surface area contributed by atoms with Gasteiger partial charge >= 0.3 is 0 Å². The van der Waals surface area contributed by atoms with Crippen molar-refractivity contribution >= 4 is 29.1 Å². The van der Waals surface area contributed by atoms with Crippen LogP contribution in [-0.2, 0) is 15.0 Å². The third kappa shape index (κ3) is 7.29. The molecule has 3 rings (SSSR count). The summed E-state index contributed by atoms with van der Waals surface area (Å²) in [6.07, 6.45) is 6.64. The fourth-order valence-electron chi connectivity index (χ4n) is 5.69. The van der Waals surface area contributed by atoms with Crippen molar-refractivity contribution in [1.29, 1.82) is 0 Å². The Morgan fingerprint density at radius 2 is 1.89 bits per heavy atom. The first-order valence-electron chi connectivity index (χ1n) is 13.0. The zero-order chi connectivity index (χ0) is 27.4. The number of hydrogen-bond donors (Lipinski definition) is 3. The summed E-state index contributed by atoms with van der Waals surface area (Å²) in [5, 5.41) is 6.27. The van der Waals surface area contributed by atoms with Gasteiger partial charge in [-0.2, -0.15) is 0 Å². The Morgan fingerprint density at radius 1 is 1.22 bits per heavy atom. The number of aromatic nitrogens is 1. The smallest absolute Gasteiger partial charge is 0.230 e. The van der Waals surface area contributed by atoms with Gasteiger partial charge in [0.1, 0.15) is 5.82 Å². The highest BCUT2D eigenvalue weighted by atomic mass is 35.5. The number of carbonyl (C=O) groups excluding carboxylic acids is 2. The van der Waals surface area contributed by atoms with Gasteiger partial charge in [0.05, 0.1) is 5.41 Å². The number of nitrogens with one attached hydrogen (secondary N) is 2. The number of amides is 2. The van der Waals surface area contributed by atoms with Crippen molar-refractivity contribution in [1.82, 2.24) is 10.3 Å². The molecule has 0 bridgehead atoms. The molecule has 0 radical (unpaired) electrons. The minimum atomic E-state index is -1.10. The summed E-state index contributed by atoms with van der Waals surface area (Å²) in [6.45, 7) is 10.0. The molecule has 2 amide bonds. The normalized spacial score (nSPS) is 22.9. The Morgan fingerprint density at radius 3 is 2.51 bits per heavy atom. The molecule has 2 aromatic rings. The van der Waals surface area contributed by atoms with Crippen molar-refractivity contribution in [3.8, 4) is 0 Å². The average Bonchev–Trinajstić information content (AvgIpc) is 2.81. The van der Waals surface area contributed by atoms with Crippen LogP contribution in [0.2, 0.25) is 5.02 Å². The molecule has 1 aromatic carbocycles. The maximum Gasteiger partial charge on any atom is 0.230 e. The molecule has 6 nitrogen and oxygen atoms in total. The molecule has 4 unspecified atom stereocenters. The monoisotopic (exact) mass is 530 g/mol. The van der Waals surface area contributed by atoms with E-state index in [1.54, 1.807) is 50.5 Å². The third-order valence-electron chi connectivity index (χ3n) is 7.66. The van der Waals surface area contributed by atoms with E-state index in [2.05, 4.69) is 29.5 Å². The van der Waals surface area contributed by atoms with E-state index >= 15 is 0 Å². The van der Waals surface area contributed by atoms with Gasteiger partial charge in [-0.25, -0.2) is 4.39 Å². The summed E-state index contributed by atoms with van der Waals surface area (Å²) < 4.78 is 14.5. The lowest BCUT2D eigenvalue weighted by atomic mass is 9.63. The molecule has 37 heavy (non-hydrogen) atoms. The Balaban J connectivity index is 1.71. The molecule has 1 aromatic heterocycles. The van der Waals surface area contributed by atoms with E-state index < -0.39 is 16.6 Å². The molecule has 1 aliphatic carbocycles. The minimum Gasteiger partial charge on any atom is -0.354 e. The number of carbonyl (C=O) groups is 2. The van der Waals surface area contributed by atoms with E-state index in [-0.39, 0.29) is 40.9 Å². The summed E-state index contributed by atoms with van der Waals surface area (Å²) in [4.78, 5) is 30.5. The standard InChI is InChI=1S/C29H40ClFN4O2/c1-18(2)12-19-13-20(16-29(5,15-19)27(37)35-22-8-10-33-11-9-22)25(32)17-34-26(36)28(3,4)23-7-6-21(30)14-24(23)31/h6-11,14,18-20,25H,12-13,15-17,32H2,1-5H3,(H,34,36)(H,33,35,37). The molecular formula is C29H40ClFN4O2. The van der Waals surface area contributed by atoms with Gasteiger partial charge in [-0.1, -0.05) is 38.4 Å². The van der Waals surface area contributed by atoms with Crippen LogP contribution in [0.15, 0.2) is 42.7 Å². The maximum absolute atomic E-state index is 14.5. The highest BCUT2D eigenvalue weighted by Crippen LogP contribution is 2.46. The van der Waals surface area contributed by atoms with E-state index in [9.17, 15) is 14.0 Å². The molecule has 4 N–H and O–H groups in total. The predicted molar refractivity (Wildman–Crippen MR) is 147 cm³/mol. The molecule has 1 saturated carbocycles. The molecule has 4 atom stereocenters. The van der Waals surface area contributed by atoms with Crippen LogP contribution in [0.3, 0.4) is 0 Å². The van der Waals surface area contributed by atoms with Crippen molar-refractivity contribution in [3.63, 3.8) is 0 Å². The second-order valence-corrected chi connectivity index (χ2v) is 12.2. The largest absolute Gasteiger partial charge is 0.354 e. The second-order valence-electron chi connectivity index (χ2n) is 11.8. The molecule has 0 spiro atoms. The van der Waals surface area contributed by atoms with Gasteiger partial charge in [-0.3, -0.25) is 14.6 Å². The number of nitrogens with zero attached hydrogens (tertiary/aromatic N) is 1. The van der Waals surface area contributed by atoms with Crippen molar-refractivity contribution in [2.45, 2.75) is 71.8 Å². The second kappa shape index (κ2) is 11.9. The van der Waals surface area contributed by atoms with E-state index in [1.807, 2.05) is 6.92 Å². The van der Waals surface area contributed by atoms with Crippen molar-refractivity contribution in [3.05, 3.63) is 59.1 Å². The number of benzene rings is 1. The molecular weight excluding hydrogens is 491 g/mol. The van der Waals surface area contributed by atoms with Crippen LogP contribution in [0.1, 0.15) is 65.9 Å². The van der Waals surface area contributed by atoms with Crippen LogP contribution in [-0.4, -0.2) is 29.4 Å². The van der Waals surface area contributed by atoms with Gasteiger partial charge in [0.2, 0.25) is 11.8 Å². The van der Waals surface area contributed by atoms with Crippen LogP contribution in [0, 0.1) is 29.0 Å². The number of halogens is 2. The summed E-state index contributed by atoms with van der Waals surface area (Å²) in [6, 6.07) is 7.56. The predicted octanol–water partition coefficient (Wildman–Crippen LogP) is 5.70. The first kappa shape index (κ1) is 29.1. The molecule has 8 heteroatoms. The molecule has 1 fully saturated rings. The first-order chi connectivity index (χ1) is 17.3. The minimum absolute atomic E-state index is 0.0206. The fourth-order valence-corrected chi connectivity index (χ4v) is 5.84. The molecule has 1 heterocycles. The van der Waals surface area contributed by atoms with Crippen molar-refractivity contribution < 1.29 is 14.0 Å². The lowest BCUT2D eigenvalue weighted by Crippen LogP contribution is -2.51. The highest BCUT2D eigenvalue weighted by molar-refractivity contribution is 6.30. The molecule has 1 aliphatic rings. The van der Waals surface area contributed by atoms with Crippen molar-refractivity contribution in [2.24, 2.45) is 28.9 Å². The van der Waals surface area contributed by atoms with Gasteiger partial charge in [0.25, 0.3) is 0 Å². The van der Waals surface area contributed by atoms with E-state index in [1.165, 1.54) is 6.07 Å². The summed E-state index contributed by atoms with van der Waals surface area (Å²) >= 11 is 5.88. The number of pyridine rings is 1. The molecule has 0 aliphatic heterocycles. The summed E-state index contributed by atoms with van der Waals surface area (Å²) in [5.74, 6) is 0.0679. The van der Waals surface area contributed by atoms with E-state index in [0.717, 1.165) is 24.9 Å². The number of anilines is 1. The van der Waals surface area contributed by atoms with Gasteiger partial charge in [0, 0.05) is 46.7 Å². The van der Waals surface area contributed by atoms with Crippen LogP contribution in [0.5, 0.6) is 0 Å². The molecule has 0 saturated heterocycles. The zero-order valence-electron chi connectivity index (χ0n) is 22.5. The fraction of sp³-hybridized carbons (Fsp3) is 0.552. The highest BCUT2D eigenvalue weighted by Gasteiger charge is 2.44. The summed E-state index contributed by atoms with van der Waals surface area (Å²) in [5.41, 5.74) is 5.96. The number of rotatable bonds is 9. The Hall–Kier alpha value is -2.51. The quantitative estimate of drug-likeness (QED) is 0.387. The van der Waals surface area contributed by atoms with Crippen LogP contribution in [0.25, 0.3) is 0 Å². The van der Waals surface area contributed by atoms with E-state index in [0.29, 0.717) is 18.3 Å². The van der Waals surface area contributed by atoms with Crippen molar-refractivity contribution in [2.75, 3.05) is 11.9 Å². The number of hydrogen-bond acceptors (Lipinski definition) is 4. The average molecular weight is 531 g/mol. The van der Waals surface area contributed by atoms with Gasteiger partial charge in [-0.05, 0) is 81.5 Å². The maximum atomic E-state index is 14.5. The SMILES string of the molecule is CC(C)CC1CC(C(N)CNC(=O)C(C)(C)c2ccc(Cl)cc2F)CC(C)(C(=O)Nc2ccncc2)C1. The first-order valence-corrected chi connectivity index (χ1v) is 13.4. The van der Waals surface area contributed by atoms with Crippen LogP contribution < -0.4 is 16.4 Å². The lowest BCUT2D eigenvalue weighted by molar-refractivity contribution is -0.129. The lowest BCUT2D eigenvalue weighted by Gasteiger charge is -2.44. The third-order valence-corrected chi connectivity index (χ3v) is 7.89.